The van der Waals surface area contributed by atoms with Crippen LogP contribution >= 0.6 is 0 Å². The number of aryl methyl sites for hydroxylation is 2. The molecular weight excluding hydrogens is 200 g/mol. The zero-order chi connectivity index (χ0) is 10.8. The van der Waals surface area contributed by atoms with Crippen LogP contribution in [0, 0.1) is 13.8 Å². The van der Waals surface area contributed by atoms with Crippen LogP contribution in [0.15, 0.2) is 18.2 Å². The monoisotopic (exact) mass is 214 g/mol. The normalized spacial score (nSPS) is 11.6. The molecule has 0 saturated carbocycles. The Bertz CT molecular complexity index is 401. The van der Waals surface area contributed by atoms with Gasteiger partial charge in [-0.1, -0.05) is 29.3 Å². The van der Waals surface area contributed by atoms with Crippen LogP contribution in [0.4, 0.5) is 0 Å². The van der Waals surface area contributed by atoms with Gasteiger partial charge in [0.05, 0.1) is 12.9 Å². The fraction of sp³-hybridized carbons (Fsp3) is 0.400. The first-order valence-corrected chi connectivity index (χ1v) is 6.10. The van der Waals surface area contributed by atoms with Crippen LogP contribution in [-0.4, -0.2) is 14.7 Å². The Balaban J connectivity index is 2.78. The van der Waals surface area contributed by atoms with Crippen molar-refractivity contribution in [2.75, 3.05) is 6.26 Å². The lowest BCUT2D eigenvalue weighted by Gasteiger charge is -2.04. The minimum atomic E-state index is -3.35. The molecule has 14 heavy (non-hydrogen) atoms. The van der Waals surface area contributed by atoms with E-state index in [0.717, 1.165) is 22.9 Å². The summed E-state index contributed by atoms with van der Waals surface area (Å²) in [5, 5.41) is 0. The van der Waals surface area contributed by atoms with E-state index in [1.807, 2.05) is 32.0 Å². The molecule has 0 bridgehead atoms. The van der Waals surface area contributed by atoms with E-state index in [2.05, 4.69) is 0 Å². The molecule has 0 unspecified atom stereocenters. The van der Waals surface area contributed by atoms with Crippen molar-refractivity contribution in [3.63, 3.8) is 0 Å². The Labute approximate surface area is 84.8 Å². The zero-order valence-electron chi connectivity index (χ0n) is 8.57. The predicted octanol–water partition coefficient (Wildman–Crippen LogP) is 1.78. The maximum absolute atomic E-state index is 10.8. The number of rotatable bonds is 3. The van der Waals surface area contributed by atoms with E-state index in [4.69, 9.17) is 4.18 Å². The summed E-state index contributed by atoms with van der Waals surface area (Å²) < 4.78 is 26.2. The Morgan fingerprint density at radius 1 is 1.14 bits per heavy atom. The molecule has 3 nitrogen and oxygen atoms in total. The fourth-order valence-electron chi connectivity index (χ4n) is 1.33. The molecule has 1 rings (SSSR count). The van der Waals surface area contributed by atoms with Crippen molar-refractivity contribution in [2.24, 2.45) is 0 Å². The van der Waals surface area contributed by atoms with Gasteiger partial charge < -0.3 is 0 Å². The van der Waals surface area contributed by atoms with Gasteiger partial charge in [0.15, 0.2) is 0 Å². The summed E-state index contributed by atoms with van der Waals surface area (Å²) in [5.41, 5.74) is 3.10. The highest BCUT2D eigenvalue weighted by molar-refractivity contribution is 7.85. The molecule has 0 aromatic heterocycles. The van der Waals surface area contributed by atoms with E-state index < -0.39 is 10.1 Å². The lowest BCUT2D eigenvalue weighted by Crippen LogP contribution is -2.02. The first-order valence-electron chi connectivity index (χ1n) is 4.28. The lowest BCUT2D eigenvalue weighted by molar-refractivity contribution is 0.311. The van der Waals surface area contributed by atoms with Gasteiger partial charge in [0.2, 0.25) is 0 Å². The molecular formula is C10H14O3S. The summed E-state index contributed by atoms with van der Waals surface area (Å²) >= 11 is 0. The third kappa shape index (κ3) is 3.89. The van der Waals surface area contributed by atoms with E-state index >= 15 is 0 Å². The van der Waals surface area contributed by atoms with Crippen LogP contribution in [0.1, 0.15) is 16.7 Å². The minimum absolute atomic E-state index is 0.112. The summed E-state index contributed by atoms with van der Waals surface area (Å²) in [6, 6.07) is 5.86. The van der Waals surface area contributed by atoms with Crippen LogP contribution in [0.25, 0.3) is 0 Å². The Morgan fingerprint density at radius 3 is 2.07 bits per heavy atom. The predicted molar refractivity (Wildman–Crippen MR) is 55.5 cm³/mol. The lowest BCUT2D eigenvalue weighted by atomic mass is 10.1. The van der Waals surface area contributed by atoms with E-state index in [1.54, 1.807) is 0 Å². The van der Waals surface area contributed by atoms with Crippen molar-refractivity contribution in [1.82, 2.24) is 0 Å². The maximum atomic E-state index is 10.8. The summed E-state index contributed by atoms with van der Waals surface area (Å²) in [5.74, 6) is 0. The van der Waals surface area contributed by atoms with Crippen molar-refractivity contribution in [3.8, 4) is 0 Å². The van der Waals surface area contributed by atoms with Crippen LogP contribution in [0.2, 0.25) is 0 Å². The van der Waals surface area contributed by atoms with Gasteiger partial charge in [-0.3, -0.25) is 4.18 Å². The van der Waals surface area contributed by atoms with Crippen LogP contribution < -0.4 is 0 Å². The van der Waals surface area contributed by atoms with Gasteiger partial charge in [-0.05, 0) is 19.4 Å². The summed E-state index contributed by atoms with van der Waals surface area (Å²) in [7, 11) is -3.35. The molecule has 0 atom stereocenters. The van der Waals surface area contributed by atoms with Crippen molar-refractivity contribution in [3.05, 3.63) is 34.9 Å². The second kappa shape index (κ2) is 4.11. The van der Waals surface area contributed by atoms with Gasteiger partial charge in [0.1, 0.15) is 0 Å². The quantitative estimate of drug-likeness (QED) is 0.720. The molecule has 78 valence electrons. The minimum Gasteiger partial charge on any atom is -0.265 e. The van der Waals surface area contributed by atoms with E-state index in [9.17, 15) is 8.42 Å². The second-order valence-corrected chi connectivity index (χ2v) is 5.11. The van der Waals surface area contributed by atoms with Crippen molar-refractivity contribution < 1.29 is 12.6 Å². The third-order valence-corrected chi connectivity index (χ3v) is 2.27. The van der Waals surface area contributed by atoms with Gasteiger partial charge in [0, 0.05) is 0 Å². The van der Waals surface area contributed by atoms with Gasteiger partial charge in [0.25, 0.3) is 10.1 Å². The molecule has 0 heterocycles. The highest BCUT2D eigenvalue weighted by Gasteiger charge is 2.03. The second-order valence-electron chi connectivity index (χ2n) is 3.46. The van der Waals surface area contributed by atoms with E-state index in [-0.39, 0.29) is 6.61 Å². The average Bonchev–Trinajstić information content (AvgIpc) is 1.97. The number of hydrogen-bond donors (Lipinski definition) is 0. The van der Waals surface area contributed by atoms with E-state index in [1.165, 1.54) is 0 Å². The summed E-state index contributed by atoms with van der Waals surface area (Å²) in [4.78, 5) is 0. The van der Waals surface area contributed by atoms with Gasteiger partial charge in [-0.2, -0.15) is 8.42 Å². The van der Waals surface area contributed by atoms with Gasteiger partial charge in [-0.25, -0.2) is 0 Å². The Morgan fingerprint density at radius 2 is 1.64 bits per heavy atom. The van der Waals surface area contributed by atoms with E-state index in [0.29, 0.717) is 0 Å². The first kappa shape index (κ1) is 11.2. The maximum Gasteiger partial charge on any atom is 0.264 e. The molecule has 0 N–H and O–H groups in total. The summed E-state index contributed by atoms with van der Waals surface area (Å²) in [6.45, 7) is 4.05. The first-order chi connectivity index (χ1) is 6.37. The average molecular weight is 214 g/mol. The molecule has 0 spiro atoms. The molecule has 0 amide bonds. The summed E-state index contributed by atoms with van der Waals surface area (Å²) in [6.07, 6.45) is 1.05. The standard InChI is InChI=1S/C10H14O3S/c1-8-4-9(2)6-10(5-8)7-13-14(3,11)12/h4-6H,7H2,1-3H3. The third-order valence-electron chi connectivity index (χ3n) is 1.72. The Kier molecular flexibility index (Phi) is 3.29. The van der Waals surface area contributed by atoms with Gasteiger partial charge in [-0.15, -0.1) is 0 Å². The molecule has 0 radical (unpaired) electrons. The molecule has 4 heteroatoms. The van der Waals surface area contributed by atoms with Crippen LogP contribution in [0.3, 0.4) is 0 Å². The van der Waals surface area contributed by atoms with Crippen molar-refractivity contribution in [1.29, 1.82) is 0 Å². The topological polar surface area (TPSA) is 43.4 Å². The molecule has 0 fully saturated rings. The van der Waals surface area contributed by atoms with Crippen molar-refractivity contribution in [2.45, 2.75) is 20.5 Å². The van der Waals surface area contributed by atoms with Crippen LogP contribution in [0.5, 0.6) is 0 Å². The molecule has 1 aromatic carbocycles. The molecule has 1 aromatic rings. The molecule has 0 aliphatic rings. The largest absolute Gasteiger partial charge is 0.265 e. The SMILES string of the molecule is Cc1cc(C)cc(COS(C)(=O)=O)c1. The molecule has 0 aliphatic carbocycles. The highest BCUT2D eigenvalue weighted by atomic mass is 32.2. The Hall–Kier alpha value is -0.870. The molecule has 0 saturated heterocycles. The fourth-order valence-corrected chi connectivity index (χ4v) is 1.68. The number of hydrogen-bond acceptors (Lipinski definition) is 3. The molecule has 0 aliphatic heterocycles. The van der Waals surface area contributed by atoms with Crippen molar-refractivity contribution >= 4 is 10.1 Å². The van der Waals surface area contributed by atoms with Gasteiger partial charge >= 0.3 is 0 Å². The smallest absolute Gasteiger partial charge is 0.264 e. The highest BCUT2D eigenvalue weighted by Crippen LogP contribution is 2.10. The zero-order valence-corrected chi connectivity index (χ0v) is 9.39. The number of benzene rings is 1. The van der Waals surface area contributed by atoms with Crippen LogP contribution in [-0.2, 0) is 20.9 Å².